The predicted molar refractivity (Wildman–Crippen MR) is 112 cm³/mol. The number of para-hydroxylation sites is 1. The Morgan fingerprint density at radius 3 is 2.31 bits per heavy atom. The zero-order valence-corrected chi connectivity index (χ0v) is 17.0. The Morgan fingerprint density at radius 2 is 1.59 bits per heavy atom. The molecule has 1 aliphatic rings. The van der Waals surface area contributed by atoms with E-state index in [1.165, 1.54) is 4.31 Å². The van der Waals surface area contributed by atoms with Gasteiger partial charge in [-0.25, -0.2) is 8.42 Å². The summed E-state index contributed by atoms with van der Waals surface area (Å²) >= 11 is 0. The third-order valence-electron chi connectivity index (χ3n) is 4.96. The monoisotopic (exact) mass is 410 g/mol. The molecule has 0 aliphatic carbocycles. The molecule has 1 aliphatic heterocycles. The molecule has 0 aromatic heterocycles. The van der Waals surface area contributed by atoms with Gasteiger partial charge in [-0.05, 0) is 35.4 Å². The first-order valence-electron chi connectivity index (χ1n) is 9.18. The highest BCUT2D eigenvalue weighted by Gasteiger charge is 2.39. The summed E-state index contributed by atoms with van der Waals surface area (Å²) in [7, 11) is -0.587. The summed E-state index contributed by atoms with van der Waals surface area (Å²) < 4.78 is 39.2. The Kier molecular flexibility index (Phi) is 5.17. The van der Waals surface area contributed by atoms with Crippen molar-refractivity contribution in [3.8, 4) is 11.5 Å². The first kappa shape index (κ1) is 19.3. The van der Waals surface area contributed by atoms with Gasteiger partial charge in [-0.1, -0.05) is 48.5 Å². The van der Waals surface area contributed by atoms with Gasteiger partial charge in [-0.3, -0.25) is 0 Å². The maximum absolute atomic E-state index is 13.5. The van der Waals surface area contributed by atoms with Gasteiger partial charge in [-0.2, -0.15) is 4.31 Å². The first-order valence-corrected chi connectivity index (χ1v) is 10.6. The van der Waals surface area contributed by atoms with E-state index in [0.717, 1.165) is 11.1 Å². The van der Waals surface area contributed by atoms with E-state index in [2.05, 4.69) is 5.32 Å². The molecule has 0 amide bonds. The topological polar surface area (TPSA) is 67.9 Å². The highest BCUT2D eigenvalue weighted by atomic mass is 32.2. The van der Waals surface area contributed by atoms with Crippen molar-refractivity contribution in [1.82, 2.24) is 4.31 Å². The number of hydrogen-bond acceptors (Lipinski definition) is 5. The number of nitrogens with one attached hydrogen (secondary N) is 1. The number of ether oxygens (including phenoxy) is 2. The number of nitrogens with zero attached hydrogens (tertiary/aromatic N) is 1. The van der Waals surface area contributed by atoms with Crippen LogP contribution in [0.4, 0.5) is 5.69 Å². The van der Waals surface area contributed by atoms with Crippen molar-refractivity contribution >= 4 is 15.7 Å². The van der Waals surface area contributed by atoms with Crippen molar-refractivity contribution in [2.75, 3.05) is 19.5 Å². The smallest absolute Gasteiger partial charge is 0.247 e. The molecule has 29 heavy (non-hydrogen) atoms. The molecule has 0 radical (unpaired) electrons. The van der Waals surface area contributed by atoms with Crippen molar-refractivity contribution < 1.29 is 17.9 Å². The lowest BCUT2D eigenvalue weighted by Gasteiger charge is -2.37. The Bertz CT molecular complexity index is 1120. The van der Waals surface area contributed by atoms with E-state index in [-0.39, 0.29) is 11.4 Å². The molecular weight excluding hydrogens is 388 g/mol. The second-order valence-electron chi connectivity index (χ2n) is 6.69. The van der Waals surface area contributed by atoms with Crippen molar-refractivity contribution in [1.29, 1.82) is 0 Å². The van der Waals surface area contributed by atoms with Crippen LogP contribution >= 0.6 is 0 Å². The van der Waals surface area contributed by atoms with Gasteiger partial charge in [0.25, 0.3) is 0 Å². The average molecular weight is 410 g/mol. The lowest BCUT2D eigenvalue weighted by atomic mass is 10.1. The Balaban J connectivity index is 1.84. The second-order valence-corrected chi connectivity index (χ2v) is 8.55. The van der Waals surface area contributed by atoms with Crippen LogP contribution in [0.2, 0.25) is 0 Å². The minimum Gasteiger partial charge on any atom is -0.493 e. The van der Waals surface area contributed by atoms with Gasteiger partial charge in [0, 0.05) is 6.54 Å². The standard InChI is InChI=1S/C22H22N2O4S/c1-27-19-13-12-17(14-20(19)28-2)22-23-18-10-6-7-11-21(18)29(25,26)24(22)15-16-8-4-3-5-9-16/h3-14,22-23H,15H2,1-2H3/t22-/m0/s1. The van der Waals surface area contributed by atoms with Crippen molar-refractivity contribution in [2.24, 2.45) is 0 Å². The van der Waals surface area contributed by atoms with Gasteiger partial charge < -0.3 is 14.8 Å². The average Bonchev–Trinajstić information content (AvgIpc) is 2.76. The zero-order valence-electron chi connectivity index (χ0n) is 16.2. The quantitative estimate of drug-likeness (QED) is 0.688. The number of methoxy groups -OCH3 is 2. The molecule has 0 fully saturated rings. The van der Waals surface area contributed by atoms with Gasteiger partial charge in [0.15, 0.2) is 11.5 Å². The lowest BCUT2D eigenvalue weighted by molar-refractivity contribution is 0.330. The van der Waals surface area contributed by atoms with E-state index in [9.17, 15) is 8.42 Å². The molecule has 0 spiro atoms. The SMILES string of the molecule is COc1ccc([C@H]2Nc3ccccc3S(=O)(=O)N2Cc2ccccc2)cc1OC. The van der Waals surface area contributed by atoms with Gasteiger partial charge in [0.05, 0.1) is 19.9 Å². The lowest BCUT2D eigenvalue weighted by Crippen LogP contribution is -2.42. The summed E-state index contributed by atoms with van der Waals surface area (Å²) in [6.07, 6.45) is -0.588. The normalized spacial score (nSPS) is 17.8. The van der Waals surface area contributed by atoms with Gasteiger partial charge in [-0.15, -0.1) is 0 Å². The number of sulfonamides is 1. The minimum atomic E-state index is -3.71. The zero-order chi connectivity index (χ0) is 20.4. The third kappa shape index (κ3) is 3.54. The molecule has 6 nitrogen and oxygen atoms in total. The summed E-state index contributed by atoms with van der Waals surface area (Å²) in [6, 6.07) is 21.9. The molecule has 1 N–H and O–H groups in total. The summed E-state index contributed by atoms with van der Waals surface area (Å²) in [6.45, 7) is 0.240. The molecule has 0 unspecified atom stereocenters. The second kappa shape index (κ2) is 7.77. The fraction of sp³-hybridized carbons (Fsp3) is 0.182. The van der Waals surface area contributed by atoms with Crippen LogP contribution in [0.15, 0.2) is 77.7 Å². The summed E-state index contributed by atoms with van der Waals surface area (Å²) in [4.78, 5) is 0.271. The van der Waals surface area contributed by atoms with Gasteiger partial charge in [0.2, 0.25) is 10.0 Å². The van der Waals surface area contributed by atoms with Crippen LogP contribution in [0.25, 0.3) is 0 Å². The number of benzene rings is 3. The maximum Gasteiger partial charge on any atom is 0.247 e. The molecule has 3 aromatic carbocycles. The van der Waals surface area contributed by atoms with E-state index in [4.69, 9.17) is 9.47 Å². The van der Waals surface area contributed by atoms with Crippen LogP contribution in [-0.4, -0.2) is 26.9 Å². The largest absolute Gasteiger partial charge is 0.493 e. The Labute approximate surface area is 170 Å². The fourth-order valence-electron chi connectivity index (χ4n) is 3.51. The molecule has 1 atom stereocenters. The molecule has 0 saturated heterocycles. The highest BCUT2D eigenvalue weighted by molar-refractivity contribution is 7.89. The van der Waals surface area contributed by atoms with E-state index in [0.29, 0.717) is 17.2 Å². The number of fused-ring (bicyclic) bond motifs is 1. The molecule has 4 rings (SSSR count). The van der Waals surface area contributed by atoms with E-state index >= 15 is 0 Å². The summed E-state index contributed by atoms with van der Waals surface area (Å²) in [5.41, 5.74) is 2.25. The van der Waals surface area contributed by atoms with Crippen molar-refractivity contribution in [3.63, 3.8) is 0 Å². The first-order chi connectivity index (χ1) is 14.0. The molecule has 3 aromatic rings. The molecule has 150 valence electrons. The van der Waals surface area contributed by atoms with Crippen LogP contribution < -0.4 is 14.8 Å². The maximum atomic E-state index is 13.5. The fourth-order valence-corrected chi connectivity index (χ4v) is 5.19. The van der Waals surface area contributed by atoms with Crippen LogP contribution in [0.3, 0.4) is 0 Å². The van der Waals surface area contributed by atoms with Crippen LogP contribution in [0.5, 0.6) is 11.5 Å². The van der Waals surface area contributed by atoms with Crippen LogP contribution in [-0.2, 0) is 16.6 Å². The molecule has 7 heteroatoms. The number of anilines is 1. The highest BCUT2D eigenvalue weighted by Crippen LogP contribution is 2.41. The van der Waals surface area contributed by atoms with E-state index in [1.807, 2.05) is 42.5 Å². The van der Waals surface area contributed by atoms with Crippen LogP contribution in [0.1, 0.15) is 17.3 Å². The Morgan fingerprint density at radius 1 is 0.897 bits per heavy atom. The molecular formula is C22H22N2O4S. The van der Waals surface area contributed by atoms with Gasteiger partial charge in [0.1, 0.15) is 11.1 Å². The summed E-state index contributed by atoms with van der Waals surface area (Å²) in [5, 5.41) is 3.38. The van der Waals surface area contributed by atoms with Gasteiger partial charge >= 0.3 is 0 Å². The minimum absolute atomic E-state index is 0.240. The predicted octanol–water partition coefficient (Wildman–Crippen LogP) is 4.02. The molecule has 1 heterocycles. The van der Waals surface area contributed by atoms with Crippen molar-refractivity contribution in [2.45, 2.75) is 17.6 Å². The Hall–Kier alpha value is -3.03. The van der Waals surface area contributed by atoms with E-state index < -0.39 is 16.2 Å². The molecule has 0 bridgehead atoms. The van der Waals surface area contributed by atoms with Crippen LogP contribution in [0, 0.1) is 0 Å². The molecule has 0 saturated carbocycles. The van der Waals surface area contributed by atoms with Crippen molar-refractivity contribution in [3.05, 3.63) is 83.9 Å². The summed E-state index contributed by atoms with van der Waals surface area (Å²) in [5.74, 6) is 1.13. The van der Waals surface area contributed by atoms with E-state index in [1.54, 1.807) is 44.6 Å². The number of rotatable bonds is 5. The number of hydrogen-bond donors (Lipinski definition) is 1. The third-order valence-corrected chi connectivity index (χ3v) is 6.83.